The number of ether oxygens (including phenoxy) is 2. The second-order valence-electron chi connectivity index (χ2n) is 6.97. The van der Waals surface area contributed by atoms with E-state index in [2.05, 4.69) is 25.6 Å². The number of aromatic nitrogens is 3. The Morgan fingerprint density at radius 3 is 2.81 bits per heavy atom. The quantitative estimate of drug-likeness (QED) is 0.398. The normalized spacial score (nSPS) is 11.1. The predicted octanol–water partition coefficient (Wildman–Crippen LogP) is 3.50. The van der Waals surface area contributed by atoms with Crippen molar-refractivity contribution < 1.29 is 9.47 Å². The van der Waals surface area contributed by atoms with E-state index < -0.39 is 0 Å². The summed E-state index contributed by atoms with van der Waals surface area (Å²) in [6.45, 7) is 3.11. The van der Waals surface area contributed by atoms with Gasteiger partial charge < -0.3 is 25.0 Å². The number of nitriles is 1. The van der Waals surface area contributed by atoms with Crippen LogP contribution < -0.4 is 15.4 Å². The van der Waals surface area contributed by atoms with Crippen LogP contribution in [-0.2, 0) is 4.74 Å². The molecule has 2 N–H and O–H groups in total. The summed E-state index contributed by atoms with van der Waals surface area (Å²) in [5, 5.41) is 17.8. The fourth-order valence-corrected chi connectivity index (χ4v) is 2.94. The van der Waals surface area contributed by atoms with E-state index in [0.717, 1.165) is 16.5 Å². The van der Waals surface area contributed by atoms with Crippen LogP contribution in [0.15, 0.2) is 48.6 Å². The van der Waals surface area contributed by atoms with Crippen molar-refractivity contribution in [2.45, 2.75) is 6.92 Å². The topological polar surface area (TPSA) is 108 Å². The lowest BCUT2D eigenvalue weighted by Crippen LogP contribution is -2.08. The number of nitrogens with zero attached hydrogens (tertiary/aromatic N) is 5. The second-order valence-corrected chi connectivity index (χ2v) is 6.97. The van der Waals surface area contributed by atoms with Gasteiger partial charge in [-0.05, 0) is 24.4 Å². The van der Waals surface area contributed by atoms with Gasteiger partial charge in [0.1, 0.15) is 17.6 Å². The minimum atomic E-state index is 0.107. The van der Waals surface area contributed by atoms with Gasteiger partial charge in [-0.1, -0.05) is 12.1 Å². The maximum Gasteiger partial charge on any atom is 0.258 e. The van der Waals surface area contributed by atoms with Crippen LogP contribution >= 0.6 is 0 Å². The number of benzene rings is 1. The Bertz CT molecular complexity index is 1120. The van der Waals surface area contributed by atoms with Crippen LogP contribution in [0, 0.1) is 11.3 Å². The average Bonchev–Trinajstić information content (AvgIpc) is 2.73. The number of methoxy groups -OCH3 is 1. The molecule has 0 aliphatic rings. The van der Waals surface area contributed by atoms with Crippen molar-refractivity contribution in [2.24, 2.45) is 0 Å². The molecule has 0 radical (unpaired) electrons. The van der Waals surface area contributed by atoms with Crippen molar-refractivity contribution in [3.05, 3.63) is 54.3 Å². The highest BCUT2D eigenvalue weighted by molar-refractivity contribution is 5.94. The van der Waals surface area contributed by atoms with Crippen molar-refractivity contribution in [2.75, 3.05) is 45.0 Å². The standard InChI is InChI=1S/C22H25N7O2/c1-15(14-29(2)3)31-22-19(11-23)25-13-21(28-22)27-20-10-16-6-5-7-18(17(16)12-26-20)24-8-9-30-4/h5-7,10,12-14,24H,8-9H2,1-4H3,(H,26,27,28)/b15-14-. The maximum absolute atomic E-state index is 9.31. The molecule has 9 nitrogen and oxygen atoms in total. The lowest BCUT2D eigenvalue weighted by atomic mass is 10.1. The molecule has 0 aliphatic carbocycles. The fourth-order valence-electron chi connectivity index (χ4n) is 2.94. The Labute approximate surface area is 181 Å². The van der Waals surface area contributed by atoms with Crippen LogP contribution in [0.25, 0.3) is 10.8 Å². The van der Waals surface area contributed by atoms with Crippen molar-refractivity contribution in [3.8, 4) is 11.9 Å². The first kappa shape index (κ1) is 21.8. The first-order chi connectivity index (χ1) is 15.0. The van der Waals surface area contributed by atoms with Gasteiger partial charge in [-0.25, -0.2) is 9.97 Å². The summed E-state index contributed by atoms with van der Waals surface area (Å²) in [5.41, 5.74) is 1.10. The lowest BCUT2D eigenvalue weighted by Gasteiger charge is -2.12. The van der Waals surface area contributed by atoms with Crippen LogP contribution in [0.3, 0.4) is 0 Å². The summed E-state index contributed by atoms with van der Waals surface area (Å²) < 4.78 is 10.8. The van der Waals surface area contributed by atoms with E-state index in [-0.39, 0.29) is 11.6 Å². The van der Waals surface area contributed by atoms with E-state index in [4.69, 9.17) is 9.47 Å². The third kappa shape index (κ3) is 5.81. The molecule has 9 heteroatoms. The second kappa shape index (κ2) is 10.2. The smallest absolute Gasteiger partial charge is 0.258 e. The van der Waals surface area contributed by atoms with E-state index in [1.165, 1.54) is 6.20 Å². The van der Waals surface area contributed by atoms with E-state index >= 15 is 0 Å². The number of rotatable bonds is 9. The Morgan fingerprint density at radius 2 is 2.06 bits per heavy atom. The van der Waals surface area contributed by atoms with E-state index in [9.17, 15) is 5.26 Å². The Morgan fingerprint density at radius 1 is 1.23 bits per heavy atom. The monoisotopic (exact) mass is 419 g/mol. The number of fused-ring (bicyclic) bond motifs is 1. The number of nitrogens with one attached hydrogen (secondary N) is 2. The highest BCUT2D eigenvalue weighted by atomic mass is 16.5. The highest BCUT2D eigenvalue weighted by Gasteiger charge is 2.11. The largest absolute Gasteiger partial charge is 0.440 e. The Balaban J connectivity index is 1.83. The summed E-state index contributed by atoms with van der Waals surface area (Å²) in [4.78, 5) is 14.9. The molecule has 0 fully saturated rings. The van der Waals surface area contributed by atoms with Gasteiger partial charge >= 0.3 is 0 Å². The molecule has 0 spiro atoms. The summed E-state index contributed by atoms with van der Waals surface area (Å²) >= 11 is 0. The van der Waals surface area contributed by atoms with Crippen molar-refractivity contribution in [1.29, 1.82) is 5.26 Å². The number of hydrogen-bond donors (Lipinski definition) is 2. The van der Waals surface area contributed by atoms with E-state index in [1.807, 2.05) is 49.3 Å². The first-order valence-corrected chi connectivity index (χ1v) is 9.68. The molecule has 0 unspecified atom stereocenters. The van der Waals surface area contributed by atoms with Crippen molar-refractivity contribution in [1.82, 2.24) is 19.9 Å². The van der Waals surface area contributed by atoms with Crippen LogP contribution in [0.5, 0.6) is 5.88 Å². The summed E-state index contributed by atoms with van der Waals surface area (Å²) in [6.07, 6.45) is 5.06. The molecule has 0 aliphatic heterocycles. The van der Waals surface area contributed by atoms with Gasteiger partial charge in [0.05, 0.1) is 12.8 Å². The minimum absolute atomic E-state index is 0.107. The number of anilines is 3. The third-order valence-corrected chi connectivity index (χ3v) is 4.19. The molecule has 0 saturated heterocycles. The van der Waals surface area contributed by atoms with Gasteiger partial charge in [0.15, 0.2) is 5.82 Å². The third-order valence-electron chi connectivity index (χ3n) is 4.19. The molecule has 0 bridgehead atoms. The van der Waals surface area contributed by atoms with Gasteiger partial charge in [0.25, 0.3) is 5.88 Å². The molecule has 3 aromatic rings. The SMILES string of the molecule is COCCNc1cccc2cc(Nc3cnc(C#N)c(O/C(C)=C\N(C)C)n3)ncc12. The molecule has 160 valence electrons. The van der Waals surface area contributed by atoms with Crippen molar-refractivity contribution >= 4 is 28.1 Å². The lowest BCUT2D eigenvalue weighted by molar-refractivity contribution is 0.211. The molecule has 1 aromatic carbocycles. The Kier molecular flexibility index (Phi) is 7.19. The highest BCUT2D eigenvalue weighted by Crippen LogP contribution is 2.26. The van der Waals surface area contributed by atoms with Gasteiger partial charge in [0.2, 0.25) is 5.69 Å². The first-order valence-electron chi connectivity index (χ1n) is 9.68. The summed E-state index contributed by atoms with van der Waals surface area (Å²) in [5.74, 6) is 1.75. The molecule has 0 saturated carbocycles. The summed E-state index contributed by atoms with van der Waals surface area (Å²) in [6, 6.07) is 9.92. The number of allylic oxidation sites excluding steroid dienone is 1. The van der Waals surface area contributed by atoms with Crippen molar-refractivity contribution in [3.63, 3.8) is 0 Å². The molecular weight excluding hydrogens is 394 g/mol. The maximum atomic E-state index is 9.31. The minimum Gasteiger partial charge on any atom is -0.440 e. The number of pyridine rings is 1. The average molecular weight is 419 g/mol. The van der Waals surface area contributed by atoms with E-state index in [0.29, 0.717) is 30.5 Å². The Hall–Kier alpha value is -3.90. The van der Waals surface area contributed by atoms with Crippen LogP contribution in [0.2, 0.25) is 0 Å². The molecule has 0 amide bonds. The molecule has 2 aromatic heterocycles. The van der Waals surface area contributed by atoms with Gasteiger partial charge in [-0.3, -0.25) is 0 Å². The van der Waals surface area contributed by atoms with Crippen LogP contribution in [0.4, 0.5) is 17.3 Å². The molecule has 2 heterocycles. The summed E-state index contributed by atoms with van der Waals surface area (Å²) in [7, 11) is 5.43. The zero-order valence-electron chi connectivity index (χ0n) is 18.0. The molecule has 31 heavy (non-hydrogen) atoms. The predicted molar refractivity (Wildman–Crippen MR) is 120 cm³/mol. The number of hydrogen-bond acceptors (Lipinski definition) is 9. The molecular formula is C22H25N7O2. The molecule has 3 rings (SSSR count). The van der Waals surface area contributed by atoms with Crippen LogP contribution in [-0.4, -0.2) is 54.2 Å². The van der Waals surface area contributed by atoms with Gasteiger partial charge in [-0.15, -0.1) is 0 Å². The zero-order chi connectivity index (χ0) is 22.2. The van der Waals surface area contributed by atoms with Crippen LogP contribution in [0.1, 0.15) is 12.6 Å². The van der Waals surface area contributed by atoms with E-state index in [1.54, 1.807) is 26.4 Å². The zero-order valence-corrected chi connectivity index (χ0v) is 18.0. The van der Waals surface area contributed by atoms with Gasteiger partial charge in [-0.2, -0.15) is 10.2 Å². The molecule has 0 atom stereocenters. The fraction of sp³-hybridized carbons (Fsp3) is 0.273. The van der Waals surface area contributed by atoms with Gasteiger partial charge in [0, 0.05) is 51.2 Å².